The van der Waals surface area contributed by atoms with E-state index in [4.69, 9.17) is 14.8 Å². The number of hydrogen-bond donors (Lipinski definition) is 3. The second kappa shape index (κ2) is 5.61. The third-order valence-electron chi connectivity index (χ3n) is 1.73. The predicted octanol–water partition coefficient (Wildman–Crippen LogP) is -2.67. The largest absolute Gasteiger partial charge is 1.00 e. The van der Waals surface area contributed by atoms with E-state index in [1.807, 2.05) is 0 Å². The molecular formula is C8H6NaO7S+. The van der Waals surface area contributed by atoms with Gasteiger partial charge in [0, 0.05) is 0 Å². The smallest absolute Gasteiger partial charge is 0.478 e. The van der Waals surface area contributed by atoms with Gasteiger partial charge in [-0.05, 0) is 12.1 Å². The van der Waals surface area contributed by atoms with E-state index >= 15 is 0 Å². The van der Waals surface area contributed by atoms with Gasteiger partial charge in [-0.25, -0.2) is 9.59 Å². The normalized spacial score (nSPS) is 10.4. The molecule has 0 atom stereocenters. The van der Waals surface area contributed by atoms with E-state index in [1.54, 1.807) is 0 Å². The van der Waals surface area contributed by atoms with Crippen LogP contribution in [0.25, 0.3) is 0 Å². The Hall–Kier alpha value is -0.930. The van der Waals surface area contributed by atoms with Gasteiger partial charge in [0.1, 0.15) is 4.90 Å². The Bertz CT molecular complexity index is 531. The van der Waals surface area contributed by atoms with Crippen molar-refractivity contribution in [2.75, 3.05) is 0 Å². The van der Waals surface area contributed by atoms with Gasteiger partial charge in [-0.3, -0.25) is 4.55 Å². The van der Waals surface area contributed by atoms with E-state index in [9.17, 15) is 18.0 Å². The maximum atomic E-state index is 10.9. The van der Waals surface area contributed by atoms with Crippen LogP contribution >= 0.6 is 0 Å². The van der Waals surface area contributed by atoms with Gasteiger partial charge < -0.3 is 10.2 Å². The number of hydrogen-bond acceptors (Lipinski definition) is 4. The first-order chi connectivity index (χ1) is 7.25. The molecule has 3 N–H and O–H groups in total. The van der Waals surface area contributed by atoms with Crippen molar-refractivity contribution in [3.05, 3.63) is 29.3 Å². The molecule has 0 bridgehead atoms. The second-order valence-electron chi connectivity index (χ2n) is 2.77. The van der Waals surface area contributed by atoms with E-state index in [0.29, 0.717) is 0 Å². The first kappa shape index (κ1) is 16.1. The van der Waals surface area contributed by atoms with Gasteiger partial charge in [0.05, 0.1) is 11.1 Å². The topological polar surface area (TPSA) is 129 Å². The molecule has 0 saturated carbocycles. The SMILES string of the molecule is O=C(O)c1cccc(C(=O)O)c1S(=O)(=O)O.[Na+]. The molecule has 0 aliphatic rings. The van der Waals surface area contributed by atoms with Crippen molar-refractivity contribution in [1.29, 1.82) is 0 Å². The van der Waals surface area contributed by atoms with Crippen LogP contribution in [0.2, 0.25) is 0 Å². The minimum absolute atomic E-state index is 0. The summed E-state index contributed by atoms with van der Waals surface area (Å²) in [5.41, 5.74) is -1.58. The van der Waals surface area contributed by atoms with Gasteiger partial charge in [-0.15, -0.1) is 0 Å². The van der Waals surface area contributed by atoms with Crippen LogP contribution in [0.5, 0.6) is 0 Å². The zero-order valence-corrected chi connectivity index (χ0v) is 11.4. The van der Waals surface area contributed by atoms with Crippen LogP contribution in [0, 0.1) is 0 Å². The summed E-state index contributed by atoms with van der Waals surface area (Å²) >= 11 is 0. The number of carbonyl (C=O) groups is 2. The molecule has 1 aromatic carbocycles. The fourth-order valence-electron chi connectivity index (χ4n) is 1.15. The summed E-state index contributed by atoms with van der Waals surface area (Å²) in [5.74, 6) is -3.29. The Morgan fingerprint density at radius 1 is 1.00 bits per heavy atom. The number of rotatable bonds is 3. The zero-order chi connectivity index (χ0) is 12.5. The fourth-order valence-corrected chi connectivity index (χ4v) is 2.02. The molecule has 1 rings (SSSR count). The molecule has 0 heterocycles. The van der Waals surface area contributed by atoms with Crippen LogP contribution in [0.1, 0.15) is 20.7 Å². The van der Waals surface area contributed by atoms with E-state index < -0.39 is 38.1 Å². The molecule has 0 saturated heterocycles. The van der Waals surface area contributed by atoms with E-state index in [0.717, 1.165) is 18.2 Å². The molecule has 1 aromatic rings. The van der Waals surface area contributed by atoms with Crippen LogP contribution in [-0.2, 0) is 10.1 Å². The molecular weight excluding hydrogens is 263 g/mol. The molecule has 0 aliphatic heterocycles. The monoisotopic (exact) mass is 269 g/mol. The van der Waals surface area contributed by atoms with Gasteiger partial charge in [0.25, 0.3) is 10.1 Å². The quantitative estimate of drug-likeness (QED) is 0.403. The van der Waals surface area contributed by atoms with Gasteiger partial charge in [0.2, 0.25) is 0 Å². The molecule has 0 aliphatic carbocycles. The van der Waals surface area contributed by atoms with Gasteiger partial charge >= 0.3 is 41.5 Å². The summed E-state index contributed by atoms with van der Waals surface area (Å²) in [7, 11) is -4.92. The van der Waals surface area contributed by atoms with Crippen LogP contribution in [0.4, 0.5) is 0 Å². The van der Waals surface area contributed by atoms with Gasteiger partial charge in [0.15, 0.2) is 0 Å². The molecule has 0 fully saturated rings. The third-order valence-corrected chi connectivity index (χ3v) is 2.69. The first-order valence-electron chi connectivity index (χ1n) is 3.82. The summed E-state index contributed by atoms with van der Waals surface area (Å²) in [6.45, 7) is 0. The Labute approximate surface area is 118 Å². The van der Waals surface area contributed by atoms with Crippen molar-refractivity contribution < 1.29 is 62.3 Å². The standard InChI is InChI=1S/C8H6O7S.Na/c9-7(10)4-2-1-3-5(8(11)12)6(4)16(13,14)15;/h1-3H,(H,9,10)(H,11,12)(H,13,14,15);/q;+1. The molecule has 0 spiro atoms. The summed E-state index contributed by atoms with van der Waals surface area (Å²) < 4.78 is 30.6. The van der Waals surface area contributed by atoms with Crippen LogP contribution in [-0.4, -0.2) is 35.1 Å². The van der Waals surface area contributed by atoms with E-state index in [-0.39, 0.29) is 29.6 Å². The predicted molar refractivity (Wildman–Crippen MR) is 50.2 cm³/mol. The van der Waals surface area contributed by atoms with E-state index in [2.05, 4.69) is 0 Å². The average Bonchev–Trinajstić information content (AvgIpc) is 2.15. The number of aromatic carboxylic acids is 2. The van der Waals surface area contributed by atoms with Crippen molar-refractivity contribution in [1.82, 2.24) is 0 Å². The van der Waals surface area contributed by atoms with Crippen LogP contribution in [0.15, 0.2) is 23.1 Å². The van der Waals surface area contributed by atoms with Crippen LogP contribution in [0.3, 0.4) is 0 Å². The molecule has 17 heavy (non-hydrogen) atoms. The van der Waals surface area contributed by atoms with Crippen molar-refractivity contribution in [2.24, 2.45) is 0 Å². The fraction of sp³-hybridized carbons (Fsp3) is 0. The van der Waals surface area contributed by atoms with Crippen molar-refractivity contribution in [3.63, 3.8) is 0 Å². The third kappa shape index (κ3) is 3.51. The average molecular weight is 269 g/mol. The molecule has 86 valence electrons. The van der Waals surface area contributed by atoms with Gasteiger partial charge in [-0.2, -0.15) is 8.42 Å². The molecule has 9 heteroatoms. The number of carboxylic acid groups (broad SMARTS) is 2. The zero-order valence-electron chi connectivity index (χ0n) is 8.61. The van der Waals surface area contributed by atoms with Gasteiger partial charge in [-0.1, -0.05) is 6.07 Å². The Morgan fingerprint density at radius 3 is 1.59 bits per heavy atom. The minimum atomic E-state index is -4.92. The Morgan fingerprint density at radius 2 is 1.35 bits per heavy atom. The molecule has 7 nitrogen and oxygen atoms in total. The molecule has 0 aromatic heterocycles. The Kier molecular flexibility index (Phi) is 5.30. The second-order valence-corrected chi connectivity index (χ2v) is 4.13. The summed E-state index contributed by atoms with van der Waals surface area (Å²) in [4.78, 5) is 20.2. The summed E-state index contributed by atoms with van der Waals surface area (Å²) in [6.07, 6.45) is 0. The molecule has 0 radical (unpaired) electrons. The van der Waals surface area contributed by atoms with Crippen LogP contribution < -0.4 is 29.6 Å². The first-order valence-corrected chi connectivity index (χ1v) is 5.26. The number of benzene rings is 1. The summed E-state index contributed by atoms with van der Waals surface area (Å²) in [5, 5.41) is 17.3. The van der Waals surface area contributed by atoms with Crippen molar-refractivity contribution >= 4 is 22.1 Å². The molecule has 0 amide bonds. The molecule has 0 unspecified atom stereocenters. The van der Waals surface area contributed by atoms with Crippen molar-refractivity contribution in [3.8, 4) is 0 Å². The minimum Gasteiger partial charge on any atom is -0.478 e. The maximum Gasteiger partial charge on any atom is 1.00 e. The summed E-state index contributed by atoms with van der Waals surface area (Å²) in [6, 6.07) is 2.84. The van der Waals surface area contributed by atoms with Crippen molar-refractivity contribution in [2.45, 2.75) is 4.90 Å². The Balaban J connectivity index is 0.00000256. The van der Waals surface area contributed by atoms with E-state index in [1.165, 1.54) is 0 Å². The maximum absolute atomic E-state index is 10.9. The number of carboxylic acids is 2.